The molecule has 1 amide bonds. The maximum atomic E-state index is 12.5. The molecule has 6 heteroatoms. The van der Waals surface area contributed by atoms with Crippen molar-refractivity contribution in [3.63, 3.8) is 0 Å². The van der Waals surface area contributed by atoms with Crippen molar-refractivity contribution in [1.29, 1.82) is 0 Å². The van der Waals surface area contributed by atoms with Crippen LogP contribution in [0.25, 0.3) is 0 Å². The first-order valence-electron chi connectivity index (χ1n) is 8.16. The summed E-state index contributed by atoms with van der Waals surface area (Å²) >= 11 is 0. The maximum absolute atomic E-state index is 12.5. The minimum Gasteiger partial charge on any atom is -0.374 e. The molecule has 2 aliphatic rings. The van der Waals surface area contributed by atoms with Gasteiger partial charge in [0.1, 0.15) is 0 Å². The normalized spacial score (nSPS) is 21.8. The van der Waals surface area contributed by atoms with Gasteiger partial charge in [0.05, 0.1) is 24.9 Å². The van der Waals surface area contributed by atoms with Gasteiger partial charge in [-0.25, -0.2) is 0 Å². The molecule has 0 saturated heterocycles. The Morgan fingerprint density at radius 2 is 2.23 bits per heavy atom. The average molecular weight is 306 g/mol. The Morgan fingerprint density at radius 3 is 2.95 bits per heavy atom. The molecule has 0 radical (unpaired) electrons. The third-order valence-corrected chi connectivity index (χ3v) is 4.35. The average Bonchev–Trinajstić information content (AvgIpc) is 3.25. The summed E-state index contributed by atoms with van der Waals surface area (Å²) in [6, 6.07) is 2.00. The number of carbonyl (C=O) groups excluding carboxylic acids is 1. The van der Waals surface area contributed by atoms with Crippen molar-refractivity contribution in [2.45, 2.75) is 38.5 Å². The van der Waals surface area contributed by atoms with Gasteiger partial charge in [-0.15, -0.1) is 0 Å². The molecule has 1 aromatic heterocycles. The minimum absolute atomic E-state index is 0.0463. The van der Waals surface area contributed by atoms with Gasteiger partial charge in [-0.2, -0.15) is 5.10 Å². The Labute approximate surface area is 132 Å². The number of amides is 1. The van der Waals surface area contributed by atoms with Crippen molar-refractivity contribution in [2.75, 3.05) is 33.8 Å². The molecule has 0 bridgehead atoms. The van der Waals surface area contributed by atoms with Gasteiger partial charge >= 0.3 is 0 Å². The lowest BCUT2D eigenvalue weighted by atomic mass is 10.2. The number of hydrogen-bond acceptors (Lipinski definition) is 4. The summed E-state index contributed by atoms with van der Waals surface area (Å²) in [7, 11) is 3.98. The molecule has 0 unspecified atom stereocenters. The van der Waals surface area contributed by atoms with Crippen LogP contribution in [0.5, 0.6) is 0 Å². The van der Waals surface area contributed by atoms with E-state index >= 15 is 0 Å². The van der Waals surface area contributed by atoms with Crippen molar-refractivity contribution in [2.24, 2.45) is 5.92 Å². The Hall–Kier alpha value is -1.40. The second-order valence-electron chi connectivity index (χ2n) is 6.73. The van der Waals surface area contributed by atoms with Crippen molar-refractivity contribution in [3.8, 4) is 0 Å². The third-order valence-electron chi connectivity index (χ3n) is 4.35. The molecule has 122 valence electrons. The summed E-state index contributed by atoms with van der Waals surface area (Å²) in [6.07, 6.45) is 4.97. The highest BCUT2D eigenvalue weighted by Crippen LogP contribution is 2.29. The Kier molecular flexibility index (Phi) is 4.78. The molecule has 0 aromatic carbocycles. The van der Waals surface area contributed by atoms with Gasteiger partial charge in [0.25, 0.3) is 0 Å². The van der Waals surface area contributed by atoms with Gasteiger partial charge in [0, 0.05) is 32.3 Å². The smallest absolute Gasteiger partial charge is 0.224 e. The monoisotopic (exact) mass is 306 g/mol. The molecular formula is C16H26N4O2. The highest BCUT2D eigenvalue weighted by atomic mass is 16.5. The fourth-order valence-electron chi connectivity index (χ4n) is 2.74. The lowest BCUT2D eigenvalue weighted by molar-refractivity contribution is -0.134. The summed E-state index contributed by atoms with van der Waals surface area (Å²) in [6.45, 7) is 3.65. The van der Waals surface area contributed by atoms with E-state index in [2.05, 4.69) is 5.10 Å². The number of rotatable bonds is 6. The van der Waals surface area contributed by atoms with E-state index in [0.717, 1.165) is 31.3 Å². The van der Waals surface area contributed by atoms with E-state index in [0.29, 0.717) is 19.5 Å². The van der Waals surface area contributed by atoms with Crippen LogP contribution < -0.4 is 0 Å². The molecule has 1 aliphatic heterocycles. The number of carbonyl (C=O) groups is 1. The second kappa shape index (κ2) is 6.79. The molecule has 2 heterocycles. The van der Waals surface area contributed by atoms with E-state index in [9.17, 15) is 4.79 Å². The van der Waals surface area contributed by atoms with Crippen LogP contribution in [0.3, 0.4) is 0 Å². The van der Waals surface area contributed by atoms with Crippen LogP contribution >= 0.6 is 0 Å². The van der Waals surface area contributed by atoms with Gasteiger partial charge < -0.3 is 14.5 Å². The van der Waals surface area contributed by atoms with Crippen LogP contribution in [0.2, 0.25) is 0 Å². The van der Waals surface area contributed by atoms with E-state index in [4.69, 9.17) is 4.74 Å². The van der Waals surface area contributed by atoms with Crippen molar-refractivity contribution in [1.82, 2.24) is 19.6 Å². The zero-order valence-electron chi connectivity index (χ0n) is 13.6. The number of nitrogens with zero attached hydrogens (tertiary/aromatic N) is 4. The third kappa shape index (κ3) is 4.08. The second-order valence-corrected chi connectivity index (χ2v) is 6.73. The van der Waals surface area contributed by atoms with E-state index in [1.54, 1.807) is 6.20 Å². The van der Waals surface area contributed by atoms with Crippen molar-refractivity contribution < 1.29 is 9.53 Å². The summed E-state index contributed by atoms with van der Waals surface area (Å²) < 4.78 is 8.04. The SMILES string of the molecule is CN(C)CCC(=O)N1Cc2ccnn2C[C@H](OCC2CC2)C1. The molecule has 1 aromatic rings. The first-order chi connectivity index (χ1) is 10.6. The Morgan fingerprint density at radius 1 is 1.41 bits per heavy atom. The van der Waals surface area contributed by atoms with Crippen LogP contribution in [0, 0.1) is 5.92 Å². The largest absolute Gasteiger partial charge is 0.374 e. The number of aromatic nitrogens is 2. The summed E-state index contributed by atoms with van der Waals surface area (Å²) in [5, 5.41) is 4.37. The predicted molar refractivity (Wildman–Crippen MR) is 83.3 cm³/mol. The lowest BCUT2D eigenvalue weighted by Crippen LogP contribution is -2.38. The van der Waals surface area contributed by atoms with Crippen LogP contribution in [0.4, 0.5) is 0 Å². The molecule has 3 rings (SSSR count). The van der Waals surface area contributed by atoms with E-state index in [1.165, 1.54) is 12.8 Å². The topological polar surface area (TPSA) is 50.6 Å². The van der Waals surface area contributed by atoms with E-state index < -0.39 is 0 Å². The lowest BCUT2D eigenvalue weighted by Gasteiger charge is -2.25. The number of fused-ring (bicyclic) bond motifs is 1. The van der Waals surface area contributed by atoms with Crippen molar-refractivity contribution in [3.05, 3.63) is 18.0 Å². The van der Waals surface area contributed by atoms with Gasteiger partial charge in [-0.3, -0.25) is 9.48 Å². The molecular weight excluding hydrogens is 280 g/mol. The van der Waals surface area contributed by atoms with Gasteiger partial charge in [-0.05, 0) is 38.9 Å². The molecule has 0 spiro atoms. The molecule has 1 saturated carbocycles. The first-order valence-corrected chi connectivity index (χ1v) is 8.16. The van der Waals surface area contributed by atoms with Crippen molar-refractivity contribution >= 4 is 5.91 Å². The minimum atomic E-state index is 0.0463. The van der Waals surface area contributed by atoms with Gasteiger partial charge in [0.15, 0.2) is 0 Å². The van der Waals surface area contributed by atoms with Crippen LogP contribution in [0.15, 0.2) is 12.3 Å². The molecule has 22 heavy (non-hydrogen) atoms. The Balaban J connectivity index is 1.64. The highest BCUT2D eigenvalue weighted by molar-refractivity contribution is 5.76. The van der Waals surface area contributed by atoms with Gasteiger partial charge in [0.2, 0.25) is 5.91 Å². The quantitative estimate of drug-likeness (QED) is 0.786. The Bertz CT molecular complexity index is 510. The highest BCUT2D eigenvalue weighted by Gasteiger charge is 2.28. The van der Waals surface area contributed by atoms with Crippen LogP contribution in [-0.2, 0) is 22.6 Å². The standard InChI is InChI=1S/C16H26N4O2/c1-18(2)8-6-16(21)19-9-14-5-7-17-20(14)11-15(10-19)22-12-13-3-4-13/h5,7,13,15H,3-4,6,8-12H2,1-2H3/t15-/m1/s1. The fraction of sp³-hybridized carbons (Fsp3) is 0.750. The predicted octanol–water partition coefficient (Wildman–Crippen LogP) is 0.972. The van der Waals surface area contributed by atoms with E-state index in [1.807, 2.05) is 34.6 Å². The molecule has 1 aliphatic carbocycles. The van der Waals surface area contributed by atoms with Gasteiger partial charge in [-0.1, -0.05) is 0 Å². The number of ether oxygens (including phenoxy) is 1. The summed E-state index contributed by atoms with van der Waals surface area (Å²) in [4.78, 5) is 16.5. The molecule has 6 nitrogen and oxygen atoms in total. The zero-order chi connectivity index (χ0) is 15.5. The number of hydrogen-bond donors (Lipinski definition) is 0. The van der Waals surface area contributed by atoms with Crippen LogP contribution in [0.1, 0.15) is 25.0 Å². The molecule has 1 atom stereocenters. The maximum Gasteiger partial charge on any atom is 0.224 e. The zero-order valence-corrected chi connectivity index (χ0v) is 13.6. The van der Waals surface area contributed by atoms with Crippen LogP contribution in [-0.4, -0.2) is 65.4 Å². The molecule has 1 fully saturated rings. The fourth-order valence-corrected chi connectivity index (χ4v) is 2.74. The molecule has 0 N–H and O–H groups in total. The summed E-state index contributed by atoms with van der Waals surface area (Å²) in [5.41, 5.74) is 1.09. The first kappa shape index (κ1) is 15.5. The summed E-state index contributed by atoms with van der Waals surface area (Å²) in [5.74, 6) is 0.932. The van der Waals surface area contributed by atoms with E-state index in [-0.39, 0.29) is 12.0 Å².